The number of fused-ring (bicyclic) bond motifs is 3. The molecule has 124 valence electrons. The zero-order valence-electron chi connectivity index (χ0n) is 13.3. The highest BCUT2D eigenvalue weighted by molar-refractivity contribution is 6.03. The summed E-state index contributed by atoms with van der Waals surface area (Å²) in [5.74, 6) is 0.887. The standard InChI is InChI=1S/C17H14N6O2/c1-25-11-7-6-10(14(24)8-11)9-18-22-17-20-16-15(21-23-17)12-4-2-3-5-13(12)19-16/h2-9,24H,1H3,(H2,19,20,22,23)/b18-9-. The maximum Gasteiger partial charge on any atom is 0.265 e. The van der Waals surface area contributed by atoms with Crippen LogP contribution in [0.2, 0.25) is 0 Å². The smallest absolute Gasteiger partial charge is 0.265 e. The van der Waals surface area contributed by atoms with Gasteiger partial charge >= 0.3 is 0 Å². The van der Waals surface area contributed by atoms with Crippen LogP contribution < -0.4 is 10.2 Å². The molecule has 2 heterocycles. The van der Waals surface area contributed by atoms with Crippen molar-refractivity contribution >= 4 is 34.2 Å². The molecular formula is C17H14N6O2. The van der Waals surface area contributed by atoms with Crippen LogP contribution in [0.25, 0.3) is 22.1 Å². The minimum atomic E-state index is 0.0648. The van der Waals surface area contributed by atoms with Crippen molar-refractivity contribution in [3.63, 3.8) is 0 Å². The molecule has 0 saturated heterocycles. The molecule has 0 atom stereocenters. The summed E-state index contributed by atoms with van der Waals surface area (Å²) >= 11 is 0. The predicted octanol–water partition coefficient (Wildman–Crippen LogP) is 2.67. The highest BCUT2D eigenvalue weighted by Gasteiger charge is 2.08. The first kappa shape index (κ1) is 14.9. The van der Waals surface area contributed by atoms with E-state index in [0.29, 0.717) is 22.5 Å². The van der Waals surface area contributed by atoms with Gasteiger partial charge in [-0.15, -0.1) is 10.2 Å². The number of hydrazone groups is 1. The molecule has 0 saturated carbocycles. The lowest BCUT2D eigenvalue weighted by molar-refractivity contribution is 0.407. The number of nitrogens with one attached hydrogen (secondary N) is 2. The van der Waals surface area contributed by atoms with E-state index in [0.717, 1.165) is 10.9 Å². The van der Waals surface area contributed by atoms with Crippen LogP contribution in [-0.2, 0) is 0 Å². The minimum absolute atomic E-state index is 0.0648. The normalized spacial score (nSPS) is 11.4. The number of methoxy groups -OCH3 is 1. The van der Waals surface area contributed by atoms with Crippen molar-refractivity contribution in [3.05, 3.63) is 48.0 Å². The van der Waals surface area contributed by atoms with Crippen molar-refractivity contribution in [1.82, 2.24) is 20.2 Å². The number of anilines is 1. The molecule has 0 spiro atoms. The summed E-state index contributed by atoms with van der Waals surface area (Å²) < 4.78 is 5.04. The number of benzene rings is 2. The Bertz CT molecular complexity index is 1090. The number of aromatic amines is 1. The number of phenolic OH excluding ortho intramolecular Hbond substituents is 1. The Morgan fingerprint density at radius 3 is 2.92 bits per heavy atom. The van der Waals surface area contributed by atoms with Crippen molar-refractivity contribution in [2.24, 2.45) is 5.10 Å². The molecule has 2 aromatic heterocycles. The van der Waals surface area contributed by atoms with Crippen molar-refractivity contribution in [2.45, 2.75) is 0 Å². The van der Waals surface area contributed by atoms with E-state index in [-0.39, 0.29) is 11.7 Å². The number of H-pyrrole nitrogens is 1. The summed E-state index contributed by atoms with van der Waals surface area (Å²) in [6, 6.07) is 12.7. The van der Waals surface area contributed by atoms with Crippen molar-refractivity contribution < 1.29 is 9.84 Å². The van der Waals surface area contributed by atoms with E-state index in [1.165, 1.54) is 19.4 Å². The van der Waals surface area contributed by atoms with E-state index in [9.17, 15) is 5.11 Å². The average Bonchev–Trinajstić information content (AvgIpc) is 3.00. The van der Waals surface area contributed by atoms with E-state index in [4.69, 9.17) is 4.74 Å². The molecule has 0 fully saturated rings. The van der Waals surface area contributed by atoms with Crippen LogP contribution in [0.5, 0.6) is 11.5 Å². The lowest BCUT2D eigenvalue weighted by Gasteiger charge is -2.02. The lowest BCUT2D eigenvalue weighted by atomic mass is 10.2. The summed E-state index contributed by atoms with van der Waals surface area (Å²) in [4.78, 5) is 7.55. The highest BCUT2D eigenvalue weighted by Crippen LogP contribution is 2.23. The number of aromatic hydroxyl groups is 1. The second kappa shape index (κ2) is 6.08. The summed E-state index contributed by atoms with van der Waals surface area (Å²) in [6.07, 6.45) is 1.47. The van der Waals surface area contributed by atoms with Gasteiger partial charge in [0.1, 0.15) is 17.0 Å². The number of aromatic nitrogens is 4. The fourth-order valence-corrected chi connectivity index (χ4v) is 2.49. The fourth-order valence-electron chi connectivity index (χ4n) is 2.49. The van der Waals surface area contributed by atoms with Gasteiger partial charge < -0.3 is 14.8 Å². The number of hydrogen-bond acceptors (Lipinski definition) is 7. The first-order valence-electron chi connectivity index (χ1n) is 7.52. The van der Waals surface area contributed by atoms with Gasteiger partial charge in [0.05, 0.1) is 13.3 Å². The maximum atomic E-state index is 9.89. The van der Waals surface area contributed by atoms with Gasteiger partial charge in [-0.05, 0) is 18.2 Å². The lowest BCUT2D eigenvalue weighted by Crippen LogP contribution is -1.99. The third-order valence-electron chi connectivity index (χ3n) is 3.73. The monoisotopic (exact) mass is 334 g/mol. The Labute approximate surface area is 142 Å². The molecule has 8 nitrogen and oxygen atoms in total. The zero-order valence-corrected chi connectivity index (χ0v) is 13.3. The van der Waals surface area contributed by atoms with E-state index in [1.807, 2.05) is 24.3 Å². The highest BCUT2D eigenvalue weighted by atomic mass is 16.5. The summed E-state index contributed by atoms with van der Waals surface area (Å²) in [5.41, 5.74) is 5.52. The molecule has 2 aromatic carbocycles. The molecule has 0 radical (unpaired) electrons. The number of ether oxygens (including phenoxy) is 1. The topological polar surface area (TPSA) is 108 Å². The van der Waals surface area contributed by atoms with Gasteiger partial charge in [0, 0.05) is 22.5 Å². The van der Waals surface area contributed by atoms with Gasteiger partial charge in [-0.25, -0.2) is 5.43 Å². The van der Waals surface area contributed by atoms with Crippen LogP contribution in [0.1, 0.15) is 5.56 Å². The Morgan fingerprint density at radius 1 is 1.20 bits per heavy atom. The molecule has 0 amide bonds. The fraction of sp³-hybridized carbons (Fsp3) is 0.0588. The van der Waals surface area contributed by atoms with Gasteiger partial charge in [0.25, 0.3) is 5.95 Å². The van der Waals surface area contributed by atoms with Crippen LogP contribution in [0.15, 0.2) is 47.6 Å². The second-order valence-corrected chi connectivity index (χ2v) is 5.30. The number of nitrogens with zero attached hydrogens (tertiary/aromatic N) is 4. The van der Waals surface area contributed by atoms with Crippen LogP contribution in [-0.4, -0.2) is 38.6 Å². The Hall–Kier alpha value is -3.68. The van der Waals surface area contributed by atoms with Crippen molar-refractivity contribution in [2.75, 3.05) is 12.5 Å². The quantitative estimate of drug-likeness (QED) is 0.391. The van der Waals surface area contributed by atoms with E-state index in [2.05, 4.69) is 30.7 Å². The van der Waals surface area contributed by atoms with E-state index < -0.39 is 0 Å². The van der Waals surface area contributed by atoms with Crippen LogP contribution in [0.4, 0.5) is 5.95 Å². The molecule has 25 heavy (non-hydrogen) atoms. The number of rotatable bonds is 4. The number of phenols is 1. The second-order valence-electron chi connectivity index (χ2n) is 5.30. The molecule has 0 unspecified atom stereocenters. The van der Waals surface area contributed by atoms with E-state index >= 15 is 0 Å². The Kier molecular flexibility index (Phi) is 3.62. The van der Waals surface area contributed by atoms with Crippen molar-refractivity contribution in [3.8, 4) is 11.5 Å². The van der Waals surface area contributed by atoms with Crippen molar-refractivity contribution in [1.29, 1.82) is 0 Å². The maximum absolute atomic E-state index is 9.89. The summed E-state index contributed by atoms with van der Waals surface area (Å²) in [6.45, 7) is 0. The van der Waals surface area contributed by atoms with Gasteiger partial charge in [0.15, 0.2) is 5.65 Å². The van der Waals surface area contributed by atoms with E-state index in [1.54, 1.807) is 12.1 Å². The molecule has 3 N–H and O–H groups in total. The molecule has 0 aliphatic carbocycles. The van der Waals surface area contributed by atoms with Gasteiger partial charge in [0.2, 0.25) is 0 Å². The first-order chi connectivity index (χ1) is 12.2. The number of hydrogen-bond donors (Lipinski definition) is 3. The summed E-state index contributed by atoms with van der Waals surface area (Å²) in [5, 5.41) is 23.1. The summed E-state index contributed by atoms with van der Waals surface area (Å²) in [7, 11) is 1.54. The van der Waals surface area contributed by atoms with Crippen LogP contribution >= 0.6 is 0 Å². The zero-order chi connectivity index (χ0) is 17.2. The van der Waals surface area contributed by atoms with Crippen LogP contribution in [0, 0.1) is 0 Å². The molecule has 0 aliphatic rings. The average molecular weight is 334 g/mol. The third-order valence-corrected chi connectivity index (χ3v) is 3.73. The molecule has 8 heteroatoms. The SMILES string of the molecule is COc1ccc(/C=N\Nc2nnc3c(n2)[nH]c2ccccc23)c(O)c1. The van der Waals surface area contributed by atoms with Gasteiger partial charge in [-0.3, -0.25) is 0 Å². The first-order valence-corrected chi connectivity index (χ1v) is 7.52. The Morgan fingerprint density at radius 2 is 2.08 bits per heavy atom. The third kappa shape index (κ3) is 2.80. The van der Waals surface area contributed by atoms with Gasteiger partial charge in [-0.2, -0.15) is 10.1 Å². The van der Waals surface area contributed by atoms with Gasteiger partial charge in [-0.1, -0.05) is 18.2 Å². The Balaban J connectivity index is 1.57. The number of para-hydroxylation sites is 1. The molecule has 4 aromatic rings. The molecule has 4 rings (SSSR count). The minimum Gasteiger partial charge on any atom is -0.507 e. The van der Waals surface area contributed by atoms with Crippen LogP contribution in [0.3, 0.4) is 0 Å². The molecule has 0 bridgehead atoms. The molecule has 0 aliphatic heterocycles. The molecular weight excluding hydrogens is 320 g/mol. The largest absolute Gasteiger partial charge is 0.507 e. The predicted molar refractivity (Wildman–Crippen MR) is 95.1 cm³/mol.